The molecule has 64 valence electrons. The van der Waals surface area contributed by atoms with Crippen molar-refractivity contribution in [1.82, 2.24) is 0 Å². The lowest BCUT2D eigenvalue weighted by atomic mass is 10.4. The molecule has 0 unspecified atom stereocenters. The molecule has 0 aliphatic heterocycles. The molecule has 0 aromatic heterocycles. The lowest BCUT2D eigenvalue weighted by molar-refractivity contribution is -0.904. The SMILES string of the molecule is CC[N+](C)(CC)CC.C[NH3+]. The molecule has 0 bridgehead atoms. The van der Waals surface area contributed by atoms with E-state index in [0.29, 0.717) is 0 Å². The quantitative estimate of drug-likeness (QED) is 0.559. The maximum absolute atomic E-state index is 3.25. The van der Waals surface area contributed by atoms with Crippen LogP contribution in [0.25, 0.3) is 0 Å². The van der Waals surface area contributed by atoms with E-state index in [4.69, 9.17) is 0 Å². The van der Waals surface area contributed by atoms with Gasteiger partial charge in [-0.25, -0.2) is 0 Å². The Bertz CT molecular complexity index is 50.0. The van der Waals surface area contributed by atoms with E-state index in [1.807, 2.05) is 0 Å². The van der Waals surface area contributed by atoms with Crippen molar-refractivity contribution in [2.24, 2.45) is 0 Å². The summed E-state index contributed by atoms with van der Waals surface area (Å²) in [5.74, 6) is 0. The van der Waals surface area contributed by atoms with E-state index in [2.05, 4.69) is 33.6 Å². The molecule has 0 fully saturated rings. The largest absolute Gasteiger partial charge is 0.360 e. The highest BCUT2D eigenvalue weighted by atomic mass is 15.3. The van der Waals surface area contributed by atoms with Crippen molar-refractivity contribution in [2.45, 2.75) is 20.8 Å². The summed E-state index contributed by atoms with van der Waals surface area (Å²) >= 11 is 0. The summed E-state index contributed by atoms with van der Waals surface area (Å²) in [4.78, 5) is 0. The highest BCUT2D eigenvalue weighted by Crippen LogP contribution is 1.97. The van der Waals surface area contributed by atoms with E-state index >= 15 is 0 Å². The highest BCUT2D eigenvalue weighted by Gasteiger charge is 2.10. The van der Waals surface area contributed by atoms with Crippen molar-refractivity contribution in [2.75, 3.05) is 33.7 Å². The fourth-order valence-corrected chi connectivity index (χ4v) is 0.671. The second kappa shape index (κ2) is 7.03. The minimum absolute atomic E-state index is 1.21. The van der Waals surface area contributed by atoms with Crippen LogP contribution in [0.1, 0.15) is 20.8 Å². The van der Waals surface area contributed by atoms with Gasteiger partial charge in [0.2, 0.25) is 0 Å². The zero-order valence-electron chi connectivity index (χ0n) is 8.28. The van der Waals surface area contributed by atoms with Crippen molar-refractivity contribution in [3.63, 3.8) is 0 Å². The lowest BCUT2D eigenvalue weighted by Gasteiger charge is -2.30. The zero-order chi connectivity index (χ0) is 8.62. The average Bonchev–Trinajstić information content (AvgIpc) is 2.07. The van der Waals surface area contributed by atoms with Gasteiger partial charge in [0.15, 0.2) is 0 Å². The fourth-order valence-electron chi connectivity index (χ4n) is 0.671. The van der Waals surface area contributed by atoms with Crippen LogP contribution in [0.15, 0.2) is 0 Å². The Labute approximate surface area is 65.6 Å². The predicted molar refractivity (Wildman–Crippen MR) is 46.6 cm³/mol. The van der Waals surface area contributed by atoms with Crippen LogP contribution in [0.3, 0.4) is 0 Å². The first-order chi connectivity index (χ1) is 4.68. The van der Waals surface area contributed by atoms with Crippen LogP contribution in [0.2, 0.25) is 0 Å². The molecule has 2 nitrogen and oxygen atoms in total. The van der Waals surface area contributed by atoms with Gasteiger partial charge in [-0.3, -0.25) is 0 Å². The molecule has 10 heavy (non-hydrogen) atoms. The molecule has 0 aliphatic rings. The first kappa shape index (κ1) is 12.6. The first-order valence-corrected chi connectivity index (χ1v) is 4.22. The Balaban J connectivity index is 0. The zero-order valence-corrected chi connectivity index (χ0v) is 8.28. The number of quaternary nitrogens is 2. The van der Waals surface area contributed by atoms with E-state index < -0.39 is 0 Å². The van der Waals surface area contributed by atoms with Crippen LogP contribution in [0, 0.1) is 0 Å². The Morgan fingerprint density at radius 1 is 0.900 bits per heavy atom. The summed E-state index contributed by atoms with van der Waals surface area (Å²) in [5, 5.41) is 0. The third-order valence-corrected chi connectivity index (χ3v) is 2.29. The molecule has 0 saturated carbocycles. The van der Waals surface area contributed by atoms with Crippen molar-refractivity contribution < 1.29 is 10.2 Å². The average molecular weight is 148 g/mol. The minimum atomic E-state index is 1.21. The Morgan fingerprint density at radius 2 is 1.10 bits per heavy atom. The monoisotopic (exact) mass is 148 g/mol. The number of hydrogen-bond donors (Lipinski definition) is 1. The fraction of sp³-hybridized carbons (Fsp3) is 1.00. The molecule has 0 radical (unpaired) electrons. The molecule has 0 rings (SSSR count). The standard InChI is InChI=1S/C7H18N.CH5N/c1-5-8(4,6-2)7-3;1-2/h5-7H2,1-4H3;2H2,1H3/q+1;/p+1. The van der Waals surface area contributed by atoms with Gasteiger partial charge in [0.05, 0.1) is 33.7 Å². The van der Waals surface area contributed by atoms with Crippen molar-refractivity contribution >= 4 is 0 Å². The number of nitrogens with zero attached hydrogens (tertiary/aromatic N) is 1. The van der Waals surface area contributed by atoms with Gasteiger partial charge in [-0.2, -0.15) is 0 Å². The van der Waals surface area contributed by atoms with Crippen LogP contribution in [-0.2, 0) is 0 Å². The van der Waals surface area contributed by atoms with Crippen molar-refractivity contribution in [3.8, 4) is 0 Å². The molecule has 0 spiro atoms. The molecule has 3 N–H and O–H groups in total. The second-order valence-electron chi connectivity index (χ2n) is 2.57. The molecule has 0 saturated heterocycles. The number of rotatable bonds is 3. The molecule has 0 heterocycles. The normalized spacial score (nSPS) is 10.2. The summed E-state index contributed by atoms with van der Waals surface area (Å²) in [5.41, 5.74) is 3.25. The molecular formula is C8H24N2+2. The Morgan fingerprint density at radius 3 is 1.10 bits per heavy atom. The summed E-state index contributed by atoms with van der Waals surface area (Å²) in [7, 11) is 4.04. The summed E-state index contributed by atoms with van der Waals surface area (Å²) in [6, 6.07) is 0. The maximum Gasteiger partial charge on any atom is 0.0755 e. The number of hydrogen-bond acceptors (Lipinski definition) is 0. The van der Waals surface area contributed by atoms with Crippen LogP contribution in [-0.4, -0.2) is 38.2 Å². The van der Waals surface area contributed by atoms with Gasteiger partial charge in [0.1, 0.15) is 0 Å². The maximum atomic E-state index is 3.25. The van der Waals surface area contributed by atoms with Crippen LogP contribution in [0.5, 0.6) is 0 Å². The Kier molecular flexibility index (Phi) is 8.85. The Hall–Kier alpha value is -0.0800. The third-order valence-electron chi connectivity index (χ3n) is 2.29. The van der Waals surface area contributed by atoms with Crippen LogP contribution >= 0.6 is 0 Å². The van der Waals surface area contributed by atoms with E-state index in [1.54, 1.807) is 7.05 Å². The molecule has 0 aliphatic carbocycles. The molecule has 0 aromatic carbocycles. The van der Waals surface area contributed by atoms with E-state index in [-0.39, 0.29) is 0 Å². The van der Waals surface area contributed by atoms with Gasteiger partial charge in [-0.1, -0.05) is 0 Å². The molecule has 2 heteroatoms. The van der Waals surface area contributed by atoms with E-state index in [1.165, 1.54) is 24.1 Å². The highest BCUT2D eigenvalue weighted by molar-refractivity contribution is 4.24. The van der Waals surface area contributed by atoms with Crippen LogP contribution in [0.4, 0.5) is 0 Å². The van der Waals surface area contributed by atoms with Gasteiger partial charge in [-0.15, -0.1) is 0 Å². The van der Waals surface area contributed by atoms with Gasteiger partial charge in [0, 0.05) is 0 Å². The summed E-state index contributed by atoms with van der Waals surface area (Å²) in [6.07, 6.45) is 0. The smallest absolute Gasteiger partial charge is 0.0755 e. The van der Waals surface area contributed by atoms with Gasteiger partial charge in [0.25, 0.3) is 0 Å². The van der Waals surface area contributed by atoms with Gasteiger partial charge in [-0.05, 0) is 20.8 Å². The van der Waals surface area contributed by atoms with E-state index in [9.17, 15) is 0 Å². The van der Waals surface area contributed by atoms with Gasteiger partial charge >= 0.3 is 0 Å². The lowest BCUT2D eigenvalue weighted by Crippen LogP contribution is -2.42. The third kappa shape index (κ3) is 4.77. The minimum Gasteiger partial charge on any atom is -0.360 e. The van der Waals surface area contributed by atoms with Crippen LogP contribution < -0.4 is 5.73 Å². The summed E-state index contributed by atoms with van der Waals surface area (Å²) < 4.78 is 1.21. The predicted octanol–water partition coefficient (Wildman–Crippen LogP) is 0.351. The van der Waals surface area contributed by atoms with Crippen molar-refractivity contribution in [1.29, 1.82) is 0 Å². The first-order valence-electron chi connectivity index (χ1n) is 4.22. The van der Waals surface area contributed by atoms with Crippen molar-refractivity contribution in [3.05, 3.63) is 0 Å². The topological polar surface area (TPSA) is 27.6 Å². The molecule has 0 aromatic rings. The molecule has 0 amide bonds. The summed E-state index contributed by atoms with van der Waals surface area (Å²) in [6.45, 7) is 10.5. The second-order valence-corrected chi connectivity index (χ2v) is 2.57. The van der Waals surface area contributed by atoms with Gasteiger partial charge < -0.3 is 10.2 Å². The van der Waals surface area contributed by atoms with E-state index in [0.717, 1.165) is 0 Å². The molecular weight excluding hydrogens is 124 g/mol. The molecule has 0 atom stereocenters.